The Morgan fingerprint density at radius 3 is 2.46 bits per heavy atom. The Kier molecular flexibility index (Phi) is 5.65. The van der Waals surface area contributed by atoms with Gasteiger partial charge in [0.15, 0.2) is 0 Å². The molecule has 0 radical (unpaired) electrons. The van der Waals surface area contributed by atoms with Crippen molar-refractivity contribution in [2.75, 3.05) is 18.4 Å². The summed E-state index contributed by atoms with van der Waals surface area (Å²) in [5.41, 5.74) is 2.25. The first kappa shape index (κ1) is 19.8. The number of sulfonamides is 1. The molecule has 0 fully saturated rings. The molecule has 0 saturated carbocycles. The lowest BCUT2D eigenvalue weighted by molar-refractivity contribution is 0.0514. The Balaban J connectivity index is 2.56. The number of carbonyl (C=O) groups excluding carboxylic acids is 1. The third-order valence-corrected chi connectivity index (χ3v) is 5.83. The SMILES string of the molecule is CCOC(=O)c1c(C)c(S(=O)(=O)Nc2cc(C)ccc2OC)c(C)n1C. The molecule has 0 aliphatic heterocycles. The van der Waals surface area contributed by atoms with Crippen LogP contribution in [0.15, 0.2) is 23.1 Å². The number of aromatic nitrogens is 1. The van der Waals surface area contributed by atoms with E-state index in [1.165, 1.54) is 11.7 Å². The van der Waals surface area contributed by atoms with Crippen molar-refractivity contribution in [2.24, 2.45) is 7.05 Å². The molecule has 142 valence electrons. The van der Waals surface area contributed by atoms with Crippen LogP contribution >= 0.6 is 0 Å². The smallest absolute Gasteiger partial charge is 0.355 e. The second-order valence-corrected chi connectivity index (χ2v) is 7.60. The second-order valence-electron chi connectivity index (χ2n) is 5.98. The van der Waals surface area contributed by atoms with Gasteiger partial charge >= 0.3 is 5.97 Å². The Bertz CT molecular complexity index is 945. The Morgan fingerprint density at radius 1 is 1.23 bits per heavy atom. The molecule has 0 atom stereocenters. The highest BCUT2D eigenvalue weighted by molar-refractivity contribution is 7.92. The number of methoxy groups -OCH3 is 1. The van der Waals surface area contributed by atoms with Gasteiger partial charge in [-0.1, -0.05) is 6.07 Å². The highest BCUT2D eigenvalue weighted by atomic mass is 32.2. The molecule has 0 aliphatic carbocycles. The number of anilines is 1. The molecule has 1 aromatic carbocycles. The van der Waals surface area contributed by atoms with Crippen LogP contribution in [0.5, 0.6) is 5.75 Å². The molecule has 26 heavy (non-hydrogen) atoms. The van der Waals surface area contributed by atoms with Crippen molar-refractivity contribution in [2.45, 2.75) is 32.6 Å². The van der Waals surface area contributed by atoms with E-state index in [0.717, 1.165) is 5.56 Å². The van der Waals surface area contributed by atoms with Crippen LogP contribution in [0.4, 0.5) is 5.69 Å². The summed E-state index contributed by atoms with van der Waals surface area (Å²) in [4.78, 5) is 12.3. The molecule has 0 unspecified atom stereocenters. The summed E-state index contributed by atoms with van der Waals surface area (Å²) in [7, 11) is -0.820. The molecule has 1 heterocycles. The van der Waals surface area contributed by atoms with Gasteiger partial charge in [0.25, 0.3) is 10.0 Å². The summed E-state index contributed by atoms with van der Waals surface area (Å²) in [6, 6.07) is 5.21. The van der Waals surface area contributed by atoms with Crippen LogP contribution in [-0.2, 0) is 21.8 Å². The standard InChI is InChI=1S/C18H24N2O5S/c1-7-25-18(21)16-12(3)17(13(4)20(16)5)26(22,23)19-14-10-11(2)8-9-15(14)24-6/h8-10,19H,7H2,1-6H3. The largest absolute Gasteiger partial charge is 0.495 e. The van der Waals surface area contributed by atoms with E-state index in [9.17, 15) is 13.2 Å². The number of benzene rings is 1. The predicted molar refractivity (Wildman–Crippen MR) is 99.4 cm³/mol. The summed E-state index contributed by atoms with van der Waals surface area (Å²) >= 11 is 0. The molecular formula is C18H24N2O5S. The number of esters is 1. The van der Waals surface area contributed by atoms with E-state index in [-0.39, 0.29) is 17.2 Å². The number of hydrogen-bond acceptors (Lipinski definition) is 5. The first-order valence-electron chi connectivity index (χ1n) is 8.14. The fraction of sp³-hybridized carbons (Fsp3) is 0.389. The normalized spacial score (nSPS) is 11.3. The first-order valence-corrected chi connectivity index (χ1v) is 9.62. The van der Waals surface area contributed by atoms with Gasteiger partial charge in [0.05, 0.1) is 19.4 Å². The van der Waals surface area contributed by atoms with Crippen LogP contribution in [0.3, 0.4) is 0 Å². The van der Waals surface area contributed by atoms with Crippen LogP contribution in [-0.4, -0.2) is 32.7 Å². The number of hydrogen-bond donors (Lipinski definition) is 1. The van der Waals surface area contributed by atoms with E-state index in [4.69, 9.17) is 9.47 Å². The molecule has 0 saturated heterocycles. The minimum atomic E-state index is -3.93. The molecule has 0 bridgehead atoms. The zero-order valence-electron chi connectivity index (χ0n) is 15.8. The van der Waals surface area contributed by atoms with E-state index in [0.29, 0.717) is 22.7 Å². The first-order chi connectivity index (χ1) is 12.1. The fourth-order valence-corrected chi connectivity index (χ4v) is 4.51. The Labute approximate surface area is 154 Å². The maximum absolute atomic E-state index is 13.0. The summed E-state index contributed by atoms with van der Waals surface area (Å²) in [5, 5.41) is 0. The van der Waals surface area contributed by atoms with Crippen molar-refractivity contribution in [1.29, 1.82) is 0 Å². The number of nitrogens with zero attached hydrogens (tertiary/aromatic N) is 1. The molecule has 0 aliphatic rings. The van der Waals surface area contributed by atoms with E-state index in [2.05, 4.69) is 4.72 Å². The molecule has 0 spiro atoms. The van der Waals surface area contributed by atoms with Crippen molar-refractivity contribution >= 4 is 21.7 Å². The lowest BCUT2D eigenvalue weighted by Crippen LogP contribution is -2.15. The molecule has 2 aromatic rings. The van der Waals surface area contributed by atoms with Crippen LogP contribution < -0.4 is 9.46 Å². The van der Waals surface area contributed by atoms with Gasteiger partial charge in [-0.2, -0.15) is 0 Å². The maximum Gasteiger partial charge on any atom is 0.355 e. The van der Waals surface area contributed by atoms with Crippen LogP contribution in [0.2, 0.25) is 0 Å². The zero-order valence-corrected chi connectivity index (χ0v) is 16.7. The van der Waals surface area contributed by atoms with E-state index < -0.39 is 16.0 Å². The lowest BCUT2D eigenvalue weighted by Gasteiger charge is -2.13. The maximum atomic E-state index is 13.0. The van der Waals surface area contributed by atoms with Gasteiger partial charge in [0.1, 0.15) is 16.3 Å². The van der Waals surface area contributed by atoms with Crippen molar-refractivity contribution in [1.82, 2.24) is 4.57 Å². The van der Waals surface area contributed by atoms with Crippen LogP contribution in [0, 0.1) is 20.8 Å². The number of carbonyl (C=O) groups is 1. The van der Waals surface area contributed by atoms with Crippen molar-refractivity contribution in [3.8, 4) is 5.75 Å². The summed E-state index contributed by atoms with van der Waals surface area (Å²) in [6.45, 7) is 7.02. The quantitative estimate of drug-likeness (QED) is 0.779. The minimum Gasteiger partial charge on any atom is -0.495 e. The number of nitrogens with one attached hydrogen (secondary N) is 1. The third-order valence-electron chi connectivity index (χ3n) is 4.20. The molecule has 1 aromatic heterocycles. The summed E-state index contributed by atoms with van der Waals surface area (Å²) < 4.78 is 40.5. The number of ether oxygens (including phenoxy) is 2. The summed E-state index contributed by atoms with van der Waals surface area (Å²) in [6.07, 6.45) is 0. The van der Waals surface area contributed by atoms with E-state index >= 15 is 0 Å². The molecule has 0 amide bonds. The highest BCUT2D eigenvalue weighted by Gasteiger charge is 2.30. The van der Waals surface area contributed by atoms with Crippen molar-refractivity contribution in [3.05, 3.63) is 40.7 Å². The van der Waals surface area contributed by atoms with E-state index in [1.54, 1.807) is 40.0 Å². The van der Waals surface area contributed by atoms with E-state index in [1.807, 2.05) is 13.0 Å². The molecule has 7 nitrogen and oxygen atoms in total. The highest BCUT2D eigenvalue weighted by Crippen LogP contribution is 2.31. The molecule has 8 heteroatoms. The summed E-state index contributed by atoms with van der Waals surface area (Å²) in [5.74, 6) is -0.138. The Morgan fingerprint density at radius 2 is 1.88 bits per heavy atom. The monoisotopic (exact) mass is 380 g/mol. The van der Waals surface area contributed by atoms with Crippen LogP contribution in [0.1, 0.15) is 34.2 Å². The van der Waals surface area contributed by atoms with Gasteiger partial charge in [0, 0.05) is 18.3 Å². The Hall–Kier alpha value is -2.48. The molecule has 1 N–H and O–H groups in total. The van der Waals surface area contributed by atoms with Gasteiger partial charge in [-0.3, -0.25) is 4.72 Å². The van der Waals surface area contributed by atoms with Gasteiger partial charge in [0.2, 0.25) is 0 Å². The predicted octanol–water partition coefficient (Wildman–Crippen LogP) is 2.94. The second kappa shape index (κ2) is 7.41. The van der Waals surface area contributed by atoms with Gasteiger partial charge in [-0.15, -0.1) is 0 Å². The number of rotatable bonds is 6. The third kappa shape index (κ3) is 3.55. The van der Waals surface area contributed by atoms with Gasteiger partial charge < -0.3 is 14.0 Å². The van der Waals surface area contributed by atoms with Crippen molar-refractivity contribution in [3.63, 3.8) is 0 Å². The van der Waals surface area contributed by atoms with Crippen LogP contribution in [0.25, 0.3) is 0 Å². The molecular weight excluding hydrogens is 356 g/mol. The lowest BCUT2D eigenvalue weighted by atomic mass is 10.2. The average molecular weight is 380 g/mol. The van der Waals surface area contributed by atoms with Gasteiger partial charge in [-0.05, 0) is 45.4 Å². The fourth-order valence-electron chi connectivity index (χ4n) is 2.93. The average Bonchev–Trinajstić information content (AvgIpc) is 2.77. The number of aryl methyl sites for hydroxylation is 1. The zero-order chi connectivity index (χ0) is 19.6. The molecule has 2 rings (SSSR count). The topological polar surface area (TPSA) is 86.6 Å². The van der Waals surface area contributed by atoms with Gasteiger partial charge in [-0.25, -0.2) is 13.2 Å². The van der Waals surface area contributed by atoms with Crippen molar-refractivity contribution < 1.29 is 22.7 Å². The minimum absolute atomic E-state index is 0.0617.